The molecule has 0 saturated heterocycles. The van der Waals surface area contributed by atoms with E-state index in [1.54, 1.807) is 4.68 Å². The molecule has 0 spiro atoms. The van der Waals surface area contributed by atoms with E-state index < -0.39 is 0 Å². The highest BCUT2D eigenvalue weighted by molar-refractivity contribution is 5.80. The Bertz CT molecular complexity index is 1700. The van der Waals surface area contributed by atoms with Gasteiger partial charge in [0.1, 0.15) is 0 Å². The molecule has 0 aliphatic carbocycles. The van der Waals surface area contributed by atoms with Crippen LogP contribution in [-0.2, 0) is 6.54 Å². The third kappa shape index (κ3) is 4.55. The van der Waals surface area contributed by atoms with Gasteiger partial charge in [-0.25, -0.2) is 4.68 Å². The van der Waals surface area contributed by atoms with Gasteiger partial charge in [0.05, 0.1) is 6.54 Å². The number of hydrogen-bond acceptors (Lipinski definition) is 6. The molecule has 6 aromatic rings. The molecule has 0 aliphatic rings. The Morgan fingerprint density at radius 3 is 2.00 bits per heavy atom. The SMILES string of the molecule is O=c1nc(-c2ccccc2)n(Cc2ccc(-c3ccccc3-c3nn[nH]n3)cc2)nc1-c1ccccc1. The van der Waals surface area contributed by atoms with Crippen LogP contribution in [0.1, 0.15) is 5.56 Å². The van der Waals surface area contributed by atoms with E-state index in [0.29, 0.717) is 23.9 Å². The van der Waals surface area contributed by atoms with E-state index in [4.69, 9.17) is 5.10 Å². The number of tetrazole rings is 1. The topological polar surface area (TPSA) is 102 Å². The normalized spacial score (nSPS) is 10.9. The monoisotopic (exact) mass is 483 g/mol. The zero-order valence-corrected chi connectivity index (χ0v) is 19.7. The van der Waals surface area contributed by atoms with Crippen molar-refractivity contribution < 1.29 is 0 Å². The molecule has 0 amide bonds. The van der Waals surface area contributed by atoms with Crippen molar-refractivity contribution in [3.05, 3.63) is 125 Å². The molecule has 2 heterocycles. The van der Waals surface area contributed by atoms with E-state index in [1.165, 1.54) is 0 Å². The highest BCUT2D eigenvalue weighted by atomic mass is 16.1. The summed E-state index contributed by atoms with van der Waals surface area (Å²) in [4.78, 5) is 17.4. The first-order valence-electron chi connectivity index (χ1n) is 11.8. The van der Waals surface area contributed by atoms with Crippen LogP contribution in [0.25, 0.3) is 45.2 Å². The fourth-order valence-electron chi connectivity index (χ4n) is 4.27. The highest BCUT2D eigenvalue weighted by Gasteiger charge is 2.15. The van der Waals surface area contributed by atoms with Crippen LogP contribution in [-0.4, -0.2) is 35.4 Å². The number of aromatic amines is 1. The molecule has 0 atom stereocenters. The molecule has 8 heteroatoms. The Kier molecular flexibility index (Phi) is 5.88. The van der Waals surface area contributed by atoms with Crippen molar-refractivity contribution in [3.63, 3.8) is 0 Å². The lowest BCUT2D eigenvalue weighted by Gasteiger charge is -2.14. The average Bonchev–Trinajstić information content (AvgIpc) is 3.50. The first-order chi connectivity index (χ1) is 18.3. The first-order valence-corrected chi connectivity index (χ1v) is 11.8. The second kappa shape index (κ2) is 9.79. The summed E-state index contributed by atoms with van der Waals surface area (Å²) in [5.74, 6) is 1.07. The van der Waals surface area contributed by atoms with Crippen molar-refractivity contribution in [3.8, 4) is 45.2 Å². The van der Waals surface area contributed by atoms with Gasteiger partial charge in [-0.2, -0.15) is 15.3 Å². The van der Waals surface area contributed by atoms with Crippen molar-refractivity contribution in [1.82, 2.24) is 35.4 Å². The second-order valence-electron chi connectivity index (χ2n) is 8.46. The van der Waals surface area contributed by atoms with Gasteiger partial charge >= 0.3 is 0 Å². The highest BCUT2D eigenvalue weighted by Crippen LogP contribution is 2.30. The van der Waals surface area contributed by atoms with Gasteiger partial charge in [0, 0.05) is 16.7 Å². The summed E-state index contributed by atoms with van der Waals surface area (Å²) in [5.41, 5.74) is 5.50. The van der Waals surface area contributed by atoms with Crippen LogP contribution in [0.5, 0.6) is 0 Å². The van der Waals surface area contributed by atoms with Crippen molar-refractivity contribution >= 4 is 0 Å². The van der Waals surface area contributed by atoms with Crippen LogP contribution in [0.2, 0.25) is 0 Å². The lowest BCUT2D eigenvalue weighted by atomic mass is 9.98. The third-order valence-corrected chi connectivity index (χ3v) is 6.07. The van der Waals surface area contributed by atoms with E-state index in [1.807, 2.05) is 84.9 Å². The number of nitrogens with one attached hydrogen (secondary N) is 1. The summed E-state index contributed by atoms with van der Waals surface area (Å²) in [6, 6.07) is 35.2. The predicted molar refractivity (Wildman–Crippen MR) is 141 cm³/mol. The molecule has 4 aromatic carbocycles. The van der Waals surface area contributed by atoms with Crippen molar-refractivity contribution in [2.75, 3.05) is 0 Å². The van der Waals surface area contributed by atoms with Crippen molar-refractivity contribution in [2.24, 2.45) is 0 Å². The molecule has 37 heavy (non-hydrogen) atoms. The summed E-state index contributed by atoms with van der Waals surface area (Å²) in [6.07, 6.45) is 0. The van der Waals surface area contributed by atoms with E-state index >= 15 is 0 Å². The summed E-state index contributed by atoms with van der Waals surface area (Å²) in [5, 5.41) is 19.2. The van der Waals surface area contributed by atoms with Crippen LogP contribution in [0.3, 0.4) is 0 Å². The maximum atomic E-state index is 12.9. The average molecular weight is 484 g/mol. The van der Waals surface area contributed by atoms with Gasteiger partial charge in [-0.15, -0.1) is 10.2 Å². The minimum absolute atomic E-state index is 0.325. The minimum atomic E-state index is -0.352. The van der Waals surface area contributed by atoms with Gasteiger partial charge in [-0.05, 0) is 21.9 Å². The Labute approximate surface area is 212 Å². The quantitative estimate of drug-likeness (QED) is 0.363. The smallest absolute Gasteiger partial charge is 0.265 e. The predicted octanol–water partition coefficient (Wildman–Crippen LogP) is 4.87. The van der Waals surface area contributed by atoms with Gasteiger partial charge in [0.15, 0.2) is 11.5 Å². The van der Waals surface area contributed by atoms with Gasteiger partial charge in [-0.1, -0.05) is 109 Å². The number of hydrogen-bond donors (Lipinski definition) is 1. The summed E-state index contributed by atoms with van der Waals surface area (Å²) >= 11 is 0. The largest absolute Gasteiger partial charge is 0.300 e. The van der Waals surface area contributed by atoms with Gasteiger partial charge in [0.25, 0.3) is 5.56 Å². The van der Waals surface area contributed by atoms with Crippen LogP contribution in [0.4, 0.5) is 0 Å². The van der Waals surface area contributed by atoms with E-state index in [9.17, 15) is 4.79 Å². The Morgan fingerprint density at radius 1 is 0.676 bits per heavy atom. The van der Waals surface area contributed by atoms with E-state index in [0.717, 1.165) is 33.4 Å². The van der Waals surface area contributed by atoms with Crippen LogP contribution in [0, 0.1) is 0 Å². The Balaban J connectivity index is 1.39. The maximum absolute atomic E-state index is 12.9. The zero-order chi connectivity index (χ0) is 25.0. The molecule has 1 N–H and O–H groups in total. The molecule has 178 valence electrons. The molecular formula is C29H21N7O. The zero-order valence-electron chi connectivity index (χ0n) is 19.7. The maximum Gasteiger partial charge on any atom is 0.300 e. The Morgan fingerprint density at radius 2 is 1.32 bits per heavy atom. The molecule has 8 nitrogen and oxygen atoms in total. The third-order valence-electron chi connectivity index (χ3n) is 6.07. The van der Waals surface area contributed by atoms with Crippen LogP contribution >= 0.6 is 0 Å². The van der Waals surface area contributed by atoms with E-state index in [-0.39, 0.29) is 5.56 Å². The fraction of sp³-hybridized carbons (Fsp3) is 0.0345. The van der Waals surface area contributed by atoms with Gasteiger partial charge in [-0.3, -0.25) is 4.79 Å². The molecule has 0 fully saturated rings. The lowest BCUT2D eigenvalue weighted by Crippen LogP contribution is -2.21. The van der Waals surface area contributed by atoms with E-state index in [2.05, 4.69) is 49.9 Å². The summed E-state index contributed by atoms with van der Waals surface area (Å²) in [7, 11) is 0. The summed E-state index contributed by atoms with van der Waals surface area (Å²) < 4.78 is 1.79. The number of rotatable bonds is 6. The molecule has 0 aliphatic heterocycles. The number of H-pyrrole nitrogens is 1. The second-order valence-corrected chi connectivity index (χ2v) is 8.46. The fourth-order valence-corrected chi connectivity index (χ4v) is 4.27. The molecule has 0 bridgehead atoms. The molecule has 0 radical (unpaired) electrons. The van der Waals surface area contributed by atoms with Crippen LogP contribution in [0.15, 0.2) is 114 Å². The standard InChI is InChI=1S/C29H21N7O/c37-29-26(22-9-3-1-4-10-22)33-36(28(30-29)23-11-5-2-6-12-23)19-20-15-17-21(18-16-20)24-13-7-8-14-25(24)27-31-34-35-32-27/h1-18H,19H2,(H,31,32,34,35). The lowest BCUT2D eigenvalue weighted by molar-refractivity contribution is 0.655. The molecule has 0 unspecified atom stereocenters. The number of nitrogens with zero attached hydrogens (tertiary/aromatic N) is 6. The molecular weight excluding hydrogens is 462 g/mol. The summed E-state index contributed by atoms with van der Waals surface area (Å²) in [6.45, 7) is 0.449. The first kappa shape index (κ1) is 22.2. The van der Waals surface area contributed by atoms with Crippen LogP contribution < -0.4 is 5.56 Å². The Hall–Kier alpha value is -5.24. The molecule has 6 rings (SSSR count). The van der Waals surface area contributed by atoms with Crippen molar-refractivity contribution in [1.29, 1.82) is 0 Å². The number of aromatic nitrogens is 7. The van der Waals surface area contributed by atoms with Gasteiger partial charge < -0.3 is 0 Å². The van der Waals surface area contributed by atoms with Gasteiger partial charge in [0.2, 0.25) is 5.82 Å². The van der Waals surface area contributed by atoms with Crippen molar-refractivity contribution in [2.45, 2.75) is 6.54 Å². The minimum Gasteiger partial charge on any atom is -0.265 e. The molecule has 2 aromatic heterocycles. The molecule has 0 saturated carbocycles. The number of benzene rings is 4.